The van der Waals surface area contributed by atoms with E-state index in [1.807, 2.05) is 0 Å². The molecule has 0 radical (unpaired) electrons. The molecule has 0 aromatic heterocycles. The van der Waals surface area contributed by atoms with Gasteiger partial charge in [0.15, 0.2) is 0 Å². The van der Waals surface area contributed by atoms with Crippen molar-refractivity contribution in [3.05, 3.63) is 0 Å². The largest absolute Gasteiger partial charge is 0.412 e. The van der Waals surface area contributed by atoms with E-state index in [4.69, 9.17) is 10.8 Å². The van der Waals surface area contributed by atoms with Crippen LogP contribution in [0.25, 0.3) is 0 Å². The molecule has 0 saturated carbocycles. The Bertz CT molecular complexity index is 30.6. The summed E-state index contributed by atoms with van der Waals surface area (Å²) in [5.74, 6) is 0. The van der Waals surface area contributed by atoms with E-state index in [1.165, 1.54) is 6.01 Å². The lowest BCUT2D eigenvalue weighted by Crippen LogP contribution is -1.11. The Morgan fingerprint density at radius 1 is 1.20 bits per heavy atom. The average Bonchev–Trinajstić information content (AvgIpc) is 0.918. The molecule has 0 aliphatic heterocycles. The maximum atomic E-state index is 5.62. The molecule has 4 heteroatoms. The van der Waals surface area contributed by atoms with Gasteiger partial charge in [0.05, 0.1) is 6.01 Å². The number of rotatable bonds is 0. The fraction of sp³-hybridized carbons (Fsp3) is 0. The Kier molecular flexibility index (Phi) is 126. The summed E-state index contributed by atoms with van der Waals surface area (Å²) in [5, 5.41) is 11.2. The molecule has 4 N–H and O–H groups in total. The summed E-state index contributed by atoms with van der Waals surface area (Å²) in [6.07, 6.45) is 0. The minimum absolute atomic E-state index is 0. The van der Waals surface area contributed by atoms with Crippen molar-refractivity contribution in [3.63, 3.8) is 0 Å². The lowest BCUT2D eigenvalue weighted by atomic mass is 11.6. The molecule has 0 saturated heterocycles. The van der Waals surface area contributed by atoms with E-state index in [1.54, 1.807) is 0 Å². The van der Waals surface area contributed by atoms with Crippen molar-refractivity contribution in [2.24, 2.45) is 0 Å². The van der Waals surface area contributed by atoms with E-state index < -0.39 is 0 Å². The molecule has 28 valence electrons. The highest BCUT2D eigenvalue weighted by molar-refractivity contribution is 5.75. The normalized spacial score (nSPS) is 1.60. The maximum Gasteiger partial charge on any atom is 0.316 e. The molecular weight excluding hydrogens is 80.3 g/mol. The third-order valence-corrected chi connectivity index (χ3v) is 0. The van der Waals surface area contributed by atoms with E-state index in [0.717, 1.165) is 0 Å². The third-order valence-electron chi connectivity index (χ3n) is 0. The zero-order valence-electron chi connectivity index (χ0n) is 2.00. The van der Waals surface area contributed by atoms with Crippen LogP contribution < -0.4 is 0 Å². The third kappa shape index (κ3) is 1610. The first-order valence-electron chi connectivity index (χ1n) is 0.500. The van der Waals surface area contributed by atoms with E-state index in [2.05, 4.69) is 0 Å². The molecule has 0 spiro atoms. The van der Waals surface area contributed by atoms with Crippen LogP contribution in [0.1, 0.15) is 0 Å². The van der Waals surface area contributed by atoms with Gasteiger partial charge in [-0.1, -0.05) is 0 Å². The van der Waals surface area contributed by atoms with Crippen LogP contribution in [0.15, 0.2) is 0 Å². The fourth-order valence-electron chi connectivity index (χ4n) is 0. The van der Waals surface area contributed by atoms with Crippen LogP contribution in [0.4, 0.5) is 0 Å². The monoisotopic (exact) mass is 86.0 g/mol. The van der Waals surface area contributed by atoms with Crippen LogP contribution in [0.2, 0.25) is 0 Å². The second kappa shape index (κ2) is 32.4. The molecule has 0 unspecified atom stereocenters. The second-order valence-electron chi connectivity index (χ2n) is 0.125. The van der Waals surface area contributed by atoms with Gasteiger partial charge in [-0.05, 0) is 0 Å². The number of hydrogen-bond donors (Lipinski definition) is 2. The van der Waals surface area contributed by atoms with Gasteiger partial charge in [0.1, 0.15) is 0 Å². The Morgan fingerprint density at radius 3 is 1.20 bits per heavy atom. The molecule has 3 nitrogen and oxygen atoms in total. The Labute approximate surface area is 45.9 Å². The van der Waals surface area contributed by atoms with Crippen molar-refractivity contribution in [2.75, 3.05) is 0 Å². The maximum absolute atomic E-state index is 5.62. The van der Waals surface area contributed by atoms with Gasteiger partial charge < -0.3 is 5.48 Å². The fourth-order valence-corrected chi connectivity index (χ4v) is 0. The van der Waals surface area contributed by atoms with Crippen molar-refractivity contribution in [1.29, 1.82) is 10.8 Å². The summed E-state index contributed by atoms with van der Waals surface area (Å²) in [7, 11) is 0. The van der Waals surface area contributed by atoms with Crippen molar-refractivity contribution in [2.45, 2.75) is 0 Å². The van der Waals surface area contributed by atoms with Gasteiger partial charge in [0, 0.05) is 0 Å². The predicted octanol–water partition coefficient (Wildman–Crippen LogP) is -1.42. The molecule has 0 heterocycles. The van der Waals surface area contributed by atoms with Crippen molar-refractivity contribution in [3.8, 4) is 0 Å². The topological polar surface area (TPSA) is 79.2 Å². The Balaban J connectivity index is -0.0000000200. The van der Waals surface area contributed by atoms with Crippen LogP contribution >= 0.6 is 0 Å². The van der Waals surface area contributed by atoms with Crippen LogP contribution in [0.5, 0.6) is 0 Å². The van der Waals surface area contributed by atoms with Crippen LogP contribution in [-0.4, -0.2) is 34.5 Å². The van der Waals surface area contributed by atoms with Crippen LogP contribution in [0, 0.1) is 10.8 Å². The molecule has 0 aliphatic carbocycles. The van der Waals surface area contributed by atoms with E-state index in [0.29, 0.717) is 0 Å². The van der Waals surface area contributed by atoms with Gasteiger partial charge >= 0.3 is 23.1 Å². The molecule has 0 bridgehead atoms. The van der Waals surface area contributed by atoms with E-state index in [9.17, 15) is 0 Å². The first-order chi connectivity index (χ1) is 1.41. The lowest BCUT2D eigenvalue weighted by molar-refractivity contribution is 0.824. The van der Waals surface area contributed by atoms with Crippen molar-refractivity contribution >= 4 is 29.1 Å². The van der Waals surface area contributed by atoms with Crippen LogP contribution in [0.3, 0.4) is 0 Å². The van der Waals surface area contributed by atoms with Gasteiger partial charge in [0.25, 0.3) is 0 Å². The van der Waals surface area contributed by atoms with Crippen LogP contribution in [-0.2, 0) is 0 Å². The summed E-state index contributed by atoms with van der Waals surface area (Å²) in [4.78, 5) is 0. The van der Waals surface area contributed by atoms with Gasteiger partial charge in [-0.2, -0.15) is 0 Å². The van der Waals surface area contributed by atoms with Crippen molar-refractivity contribution in [1.82, 2.24) is 0 Å². The Morgan fingerprint density at radius 2 is 1.20 bits per heavy atom. The molecule has 0 aromatic carbocycles. The van der Waals surface area contributed by atoms with Gasteiger partial charge in [0.2, 0.25) is 0 Å². The smallest absolute Gasteiger partial charge is 0.316 e. The molecule has 0 amide bonds. The van der Waals surface area contributed by atoms with Gasteiger partial charge in [-0.15, -0.1) is 0 Å². The molecule has 0 atom stereocenters. The zero-order chi connectivity index (χ0) is 2.71. The molecule has 0 aliphatic rings. The first kappa shape index (κ1) is 19.4. The molecular formula is CH6MgN2O. The molecule has 0 aromatic rings. The highest BCUT2D eigenvalue weighted by Crippen LogP contribution is 0.920. The van der Waals surface area contributed by atoms with Gasteiger partial charge in [-0.3, -0.25) is 0 Å². The molecule has 0 fully saturated rings. The predicted molar refractivity (Wildman–Crippen MR) is 22.6 cm³/mol. The van der Waals surface area contributed by atoms with Crippen molar-refractivity contribution < 1.29 is 5.48 Å². The SMILES string of the molecule is N=C=N.O.[MgH2]. The van der Waals surface area contributed by atoms with Gasteiger partial charge in [-0.25, -0.2) is 10.8 Å². The first-order valence-corrected chi connectivity index (χ1v) is 0.500. The summed E-state index contributed by atoms with van der Waals surface area (Å²) in [5.41, 5.74) is 0. The zero-order valence-corrected chi connectivity index (χ0v) is 2.00. The summed E-state index contributed by atoms with van der Waals surface area (Å²) < 4.78 is 0. The minimum Gasteiger partial charge on any atom is -0.412 e. The molecule has 5 heavy (non-hydrogen) atoms. The Hall–Kier alpha value is 0.106. The van der Waals surface area contributed by atoms with E-state index >= 15 is 0 Å². The lowest BCUT2D eigenvalue weighted by Gasteiger charge is -1.09. The summed E-state index contributed by atoms with van der Waals surface area (Å²) >= 11 is 0. The number of hydrogen-bond acceptors (Lipinski definition) is 2. The highest BCUT2D eigenvalue weighted by atomic mass is 24.3. The minimum atomic E-state index is 0. The van der Waals surface area contributed by atoms with E-state index in [-0.39, 0.29) is 28.5 Å². The summed E-state index contributed by atoms with van der Waals surface area (Å²) in [6.45, 7) is 0. The summed E-state index contributed by atoms with van der Waals surface area (Å²) in [6, 6.07) is 1.25. The quantitative estimate of drug-likeness (QED) is 0.268. The standard InChI is InChI=1S/CH2N2.Mg.H2O.2H/c2-1-3;;;;/h2-3H;;1H2;;. The average molecular weight is 86.4 g/mol. The number of nitrogens with one attached hydrogen (secondary N) is 2. The molecule has 0 rings (SSSR count). The highest BCUT2D eigenvalue weighted by Gasteiger charge is 0.934. The second-order valence-corrected chi connectivity index (χ2v) is 0.125.